The lowest BCUT2D eigenvalue weighted by molar-refractivity contribution is 0.0617. The van der Waals surface area contributed by atoms with E-state index in [4.69, 9.17) is 21.7 Å². The van der Waals surface area contributed by atoms with Crippen LogP contribution in [0.15, 0.2) is 42.5 Å². The molecule has 3 heterocycles. The molecule has 7 heteroatoms. The van der Waals surface area contributed by atoms with E-state index in [1.165, 1.54) is 11.3 Å². The van der Waals surface area contributed by atoms with E-state index in [0.29, 0.717) is 29.5 Å². The molecule has 1 amide bonds. The minimum Gasteiger partial charge on any atom is -0.395 e. The number of rotatable bonds is 4. The summed E-state index contributed by atoms with van der Waals surface area (Å²) in [5.74, 6) is 0.0288. The maximum absolute atomic E-state index is 13.3. The highest BCUT2D eigenvalue weighted by Crippen LogP contribution is 2.32. The van der Waals surface area contributed by atoms with Gasteiger partial charge in [-0.3, -0.25) is 9.69 Å². The summed E-state index contributed by atoms with van der Waals surface area (Å²) in [6.07, 6.45) is 0. The highest BCUT2D eigenvalue weighted by molar-refractivity contribution is 7.19. The minimum absolute atomic E-state index is 0.0288. The molecular formula is C20H20ClN3O2S. The fourth-order valence-corrected chi connectivity index (χ4v) is 4.42. The van der Waals surface area contributed by atoms with Crippen molar-refractivity contribution < 1.29 is 9.90 Å². The summed E-state index contributed by atoms with van der Waals surface area (Å²) in [5, 5.41) is 9.96. The molecule has 0 atom stereocenters. The Morgan fingerprint density at radius 3 is 2.63 bits per heavy atom. The van der Waals surface area contributed by atoms with Gasteiger partial charge in [-0.15, -0.1) is 11.3 Å². The Labute approximate surface area is 166 Å². The molecule has 0 saturated carbocycles. The first kappa shape index (κ1) is 18.4. The van der Waals surface area contributed by atoms with Gasteiger partial charge in [-0.1, -0.05) is 29.8 Å². The number of aromatic nitrogens is 1. The molecule has 0 bridgehead atoms. The third-order valence-electron chi connectivity index (χ3n) is 4.85. The first-order valence-corrected chi connectivity index (χ1v) is 10.1. The van der Waals surface area contributed by atoms with Crippen molar-refractivity contribution in [3.63, 3.8) is 0 Å². The Kier molecular flexibility index (Phi) is 5.41. The highest BCUT2D eigenvalue weighted by atomic mass is 35.5. The number of fused-ring (bicyclic) bond motifs is 1. The normalized spacial score (nSPS) is 15.4. The van der Waals surface area contributed by atoms with Crippen molar-refractivity contribution in [3.8, 4) is 10.6 Å². The number of β-amino-alcohol motifs (C(OH)–C–C–N with tert-alkyl or cyclic N) is 1. The molecule has 1 aromatic carbocycles. The van der Waals surface area contributed by atoms with Gasteiger partial charge in [-0.25, -0.2) is 4.98 Å². The molecule has 0 radical (unpaired) electrons. The van der Waals surface area contributed by atoms with Crippen molar-refractivity contribution in [2.45, 2.75) is 0 Å². The van der Waals surface area contributed by atoms with Crippen molar-refractivity contribution in [2.75, 3.05) is 39.3 Å². The number of halogens is 1. The predicted octanol–water partition coefficient (Wildman–Crippen LogP) is 3.37. The van der Waals surface area contributed by atoms with Gasteiger partial charge in [0.2, 0.25) is 0 Å². The smallest absolute Gasteiger partial charge is 0.254 e. The largest absolute Gasteiger partial charge is 0.395 e. The molecule has 0 aliphatic carbocycles. The van der Waals surface area contributed by atoms with Crippen LogP contribution in [0.1, 0.15) is 10.4 Å². The number of nitrogens with zero attached hydrogens (tertiary/aromatic N) is 3. The highest BCUT2D eigenvalue weighted by Gasteiger charge is 2.24. The monoisotopic (exact) mass is 401 g/mol. The fraction of sp³-hybridized carbons (Fsp3) is 0.300. The topological polar surface area (TPSA) is 56.7 Å². The Morgan fingerprint density at radius 2 is 1.93 bits per heavy atom. The van der Waals surface area contributed by atoms with E-state index in [0.717, 1.165) is 34.6 Å². The maximum atomic E-state index is 13.3. The number of piperazine rings is 1. The van der Waals surface area contributed by atoms with Crippen LogP contribution in [0.3, 0.4) is 0 Å². The van der Waals surface area contributed by atoms with E-state index >= 15 is 0 Å². The van der Waals surface area contributed by atoms with Crippen molar-refractivity contribution in [1.82, 2.24) is 14.8 Å². The molecule has 1 aliphatic heterocycles. The second-order valence-electron chi connectivity index (χ2n) is 6.53. The van der Waals surface area contributed by atoms with Gasteiger partial charge in [0.05, 0.1) is 32.6 Å². The zero-order chi connectivity index (χ0) is 18.8. The van der Waals surface area contributed by atoms with Gasteiger partial charge in [0.1, 0.15) is 0 Å². The summed E-state index contributed by atoms with van der Waals surface area (Å²) in [6.45, 7) is 3.69. The van der Waals surface area contributed by atoms with Gasteiger partial charge in [0, 0.05) is 38.1 Å². The molecule has 1 aliphatic rings. The number of aliphatic hydroxyl groups is 1. The molecule has 140 valence electrons. The lowest BCUT2D eigenvalue weighted by Crippen LogP contribution is -2.49. The summed E-state index contributed by atoms with van der Waals surface area (Å²) < 4.78 is 0.702. The van der Waals surface area contributed by atoms with Crippen LogP contribution in [0.4, 0.5) is 0 Å². The average Bonchev–Trinajstić information content (AvgIpc) is 3.14. The summed E-state index contributed by atoms with van der Waals surface area (Å²) in [5.41, 5.74) is 2.25. The standard InChI is InChI=1S/C20H20ClN3O2S/c21-19-6-5-18(27-19)17-13-15(14-3-1-2-4-16(14)22-17)20(26)24-9-7-23(8-10-24)11-12-25/h1-6,13,25H,7-12H2. The molecule has 27 heavy (non-hydrogen) atoms. The number of para-hydroxylation sites is 1. The molecule has 1 N–H and O–H groups in total. The average molecular weight is 402 g/mol. The van der Waals surface area contributed by atoms with E-state index < -0.39 is 0 Å². The molecule has 0 spiro atoms. The second kappa shape index (κ2) is 7.94. The van der Waals surface area contributed by atoms with Gasteiger partial charge >= 0.3 is 0 Å². The van der Waals surface area contributed by atoms with Gasteiger partial charge in [0.15, 0.2) is 0 Å². The third-order valence-corrected chi connectivity index (χ3v) is 6.10. The lowest BCUT2D eigenvalue weighted by atomic mass is 10.1. The number of aliphatic hydroxyl groups excluding tert-OH is 1. The number of hydrogen-bond donors (Lipinski definition) is 1. The SMILES string of the molecule is O=C(c1cc(-c2ccc(Cl)s2)nc2ccccc12)N1CCN(CCO)CC1. The molecule has 5 nitrogen and oxygen atoms in total. The van der Waals surface area contributed by atoms with Crippen molar-refractivity contribution in [1.29, 1.82) is 0 Å². The summed E-state index contributed by atoms with van der Waals surface area (Å²) in [6, 6.07) is 13.4. The number of hydrogen-bond acceptors (Lipinski definition) is 5. The second-order valence-corrected chi connectivity index (χ2v) is 8.25. The predicted molar refractivity (Wildman–Crippen MR) is 109 cm³/mol. The number of carbonyl (C=O) groups excluding carboxylic acids is 1. The van der Waals surface area contributed by atoms with Gasteiger partial charge in [-0.2, -0.15) is 0 Å². The molecule has 4 rings (SSSR count). The van der Waals surface area contributed by atoms with E-state index in [-0.39, 0.29) is 12.5 Å². The number of amides is 1. The maximum Gasteiger partial charge on any atom is 0.254 e. The van der Waals surface area contributed by atoms with Crippen LogP contribution in [-0.2, 0) is 0 Å². The lowest BCUT2D eigenvalue weighted by Gasteiger charge is -2.34. The van der Waals surface area contributed by atoms with Crippen LogP contribution < -0.4 is 0 Å². The van der Waals surface area contributed by atoms with E-state index in [1.807, 2.05) is 47.4 Å². The van der Waals surface area contributed by atoms with Crippen LogP contribution in [-0.4, -0.2) is 65.1 Å². The zero-order valence-electron chi connectivity index (χ0n) is 14.8. The molecule has 1 saturated heterocycles. The van der Waals surface area contributed by atoms with E-state index in [1.54, 1.807) is 0 Å². The third kappa shape index (κ3) is 3.84. The quantitative estimate of drug-likeness (QED) is 0.728. The Morgan fingerprint density at radius 1 is 1.15 bits per heavy atom. The summed E-state index contributed by atoms with van der Waals surface area (Å²) in [4.78, 5) is 23.0. The summed E-state index contributed by atoms with van der Waals surface area (Å²) >= 11 is 7.54. The van der Waals surface area contributed by atoms with Crippen LogP contribution in [0.25, 0.3) is 21.5 Å². The van der Waals surface area contributed by atoms with E-state index in [9.17, 15) is 4.79 Å². The van der Waals surface area contributed by atoms with Crippen molar-refractivity contribution >= 4 is 39.7 Å². The van der Waals surface area contributed by atoms with Gasteiger partial charge in [-0.05, 0) is 24.3 Å². The molecular weight excluding hydrogens is 382 g/mol. The fourth-order valence-electron chi connectivity index (χ4n) is 3.42. The molecule has 2 aromatic heterocycles. The van der Waals surface area contributed by atoms with Gasteiger partial charge in [0.25, 0.3) is 5.91 Å². The number of carbonyl (C=O) groups is 1. The van der Waals surface area contributed by atoms with Crippen molar-refractivity contribution in [3.05, 3.63) is 52.4 Å². The minimum atomic E-state index is 0.0288. The number of benzene rings is 1. The molecule has 3 aromatic rings. The van der Waals surface area contributed by atoms with Crippen LogP contribution in [0, 0.1) is 0 Å². The van der Waals surface area contributed by atoms with E-state index in [2.05, 4.69) is 4.90 Å². The first-order valence-electron chi connectivity index (χ1n) is 8.93. The van der Waals surface area contributed by atoms with Crippen LogP contribution >= 0.6 is 22.9 Å². The zero-order valence-corrected chi connectivity index (χ0v) is 16.3. The van der Waals surface area contributed by atoms with Gasteiger partial charge < -0.3 is 10.0 Å². The Bertz CT molecular complexity index is 967. The Hall–Kier alpha value is -1.99. The Balaban J connectivity index is 1.69. The van der Waals surface area contributed by atoms with Crippen LogP contribution in [0.5, 0.6) is 0 Å². The first-order chi connectivity index (χ1) is 13.2. The number of thiophene rings is 1. The summed E-state index contributed by atoms with van der Waals surface area (Å²) in [7, 11) is 0. The molecule has 0 unspecified atom stereocenters. The van der Waals surface area contributed by atoms with Crippen LogP contribution in [0.2, 0.25) is 4.34 Å². The molecule has 1 fully saturated rings. The number of pyridine rings is 1. The van der Waals surface area contributed by atoms with Crippen molar-refractivity contribution in [2.24, 2.45) is 0 Å².